The highest BCUT2D eigenvalue weighted by Crippen LogP contribution is 2.17. The highest BCUT2D eigenvalue weighted by molar-refractivity contribution is 5.46. The van der Waals surface area contributed by atoms with Gasteiger partial charge >= 0.3 is 0 Å². The van der Waals surface area contributed by atoms with Gasteiger partial charge in [0, 0.05) is 12.2 Å². The van der Waals surface area contributed by atoms with Crippen molar-refractivity contribution in [2.45, 2.75) is 33.3 Å². The van der Waals surface area contributed by atoms with Crippen molar-refractivity contribution >= 4 is 5.69 Å². The fourth-order valence-electron chi connectivity index (χ4n) is 1.17. The van der Waals surface area contributed by atoms with Gasteiger partial charge in [0.2, 0.25) is 0 Å². The zero-order valence-electron chi connectivity index (χ0n) is 9.21. The summed E-state index contributed by atoms with van der Waals surface area (Å²) < 4.78 is 5.67. The molecule has 0 heterocycles. The van der Waals surface area contributed by atoms with E-state index in [0.29, 0.717) is 6.10 Å². The standard InChI is InChI=1S/C12H19NO/c1-4-10(3)14-12-8-6-11(7-9-12)13-5-2/h6-10,13H,4-5H2,1-3H3. The zero-order chi connectivity index (χ0) is 10.4. The molecule has 1 rings (SSSR count). The maximum absolute atomic E-state index is 5.67. The molecule has 0 bridgehead atoms. The van der Waals surface area contributed by atoms with E-state index in [9.17, 15) is 0 Å². The van der Waals surface area contributed by atoms with Crippen molar-refractivity contribution in [3.63, 3.8) is 0 Å². The second-order valence-corrected chi connectivity index (χ2v) is 3.39. The van der Waals surface area contributed by atoms with Crippen LogP contribution >= 0.6 is 0 Å². The predicted molar refractivity (Wildman–Crippen MR) is 61.0 cm³/mol. The summed E-state index contributed by atoms with van der Waals surface area (Å²) in [6, 6.07) is 8.09. The Morgan fingerprint density at radius 1 is 1.21 bits per heavy atom. The second-order valence-electron chi connectivity index (χ2n) is 3.39. The average molecular weight is 193 g/mol. The Balaban J connectivity index is 2.54. The molecule has 0 radical (unpaired) electrons. The molecule has 0 aliphatic heterocycles. The molecule has 0 aliphatic carbocycles. The summed E-state index contributed by atoms with van der Waals surface area (Å²) in [5.74, 6) is 0.945. The van der Waals surface area contributed by atoms with Gasteiger partial charge in [0.25, 0.3) is 0 Å². The van der Waals surface area contributed by atoms with Gasteiger partial charge in [-0.1, -0.05) is 6.92 Å². The first kappa shape index (κ1) is 10.9. The van der Waals surface area contributed by atoms with E-state index in [1.54, 1.807) is 0 Å². The minimum Gasteiger partial charge on any atom is -0.491 e. The van der Waals surface area contributed by atoms with Gasteiger partial charge in [-0.3, -0.25) is 0 Å². The van der Waals surface area contributed by atoms with Crippen LogP contribution < -0.4 is 10.1 Å². The number of ether oxygens (including phenoxy) is 1. The van der Waals surface area contributed by atoms with Crippen LogP contribution in [0.5, 0.6) is 5.75 Å². The van der Waals surface area contributed by atoms with Crippen molar-refractivity contribution < 1.29 is 4.74 Å². The first-order valence-electron chi connectivity index (χ1n) is 5.26. The fourth-order valence-corrected chi connectivity index (χ4v) is 1.17. The second kappa shape index (κ2) is 5.53. The molecule has 1 aromatic rings. The Morgan fingerprint density at radius 3 is 2.36 bits per heavy atom. The Morgan fingerprint density at radius 2 is 1.86 bits per heavy atom. The molecule has 1 aromatic carbocycles. The van der Waals surface area contributed by atoms with E-state index in [-0.39, 0.29) is 0 Å². The molecule has 1 N–H and O–H groups in total. The lowest BCUT2D eigenvalue weighted by molar-refractivity contribution is 0.217. The first-order chi connectivity index (χ1) is 6.76. The molecule has 0 saturated heterocycles. The van der Waals surface area contributed by atoms with E-state index in [4.69, 9.17) is 4.74 Å². The molecule has 2 nitrogen and oxygen atoms in total. The monoisotopic (exact) mass is 193 g/mol. The van der Waals surface area contributed by atoms with Crippen molar-refractivity contribution in [1.82, 2.24) is 0 Å². The van der Waals surface area contributed by atoms with E-state index < -0.39 is 0 Å². The Kier molecular flexibility index (Phi) is 4.30. The minimum absolute atomic E-state index is 0.292. The number of anilines is 1. The number of hydrogen-bond acceptors (Lipinski definition) is 2. The molecular formula is C12H19NO. The van der Waals surface area contributed by atoms with Crippen LogP contribution in [0.15, 0.2) is 24.3 Å². The molecule has 0 aromatic heterocycles. The van der Waals surface area contributed by atoms with Crippen LogP contribution in [0.4, 0.5) is 5.69 Å². The van der Waals surface area contributed by atoms with Crippen LogP contribution in [0.25, 0.3) is 0 Å². The maximum Gasteiger partial charge on any atom is 0.119 e. The summed E-state index contributed by atoms with van der Waals surface area (Å²) >= 11 is 0. The van der Waals surface area contributed by atoms with E-state index in [0.717, 1.165) is 24.4 Å². The molecule has 0 saturated carbocycles. The molecule has 14 heavy (non-hydrogen) atoms. The van der Waals surface area contributed by atoms with Crippen LogP contribution in [-0.2, 0) is 0 Å². The van der Waals surface area contributed by atoms with Gasteiger partial charge in [-0.25, -0.2) is 0 Å². The third kappa shape index (κ3) is 3.29. The summed E-state index contributed by atoms with van der Waals surface area (Å²) in [7, 11) is 0. The molecule has 1 atom stereocenters. The smallest absolute Gasteiger partial charge is 0.119 e. The SMILES string of the molecule is CCNc1ccc(OC(C)CC)cc1. The molecule has 0 amide bonds. The van der Waals surface area contributed by atoms with Gasteiger partial charge in [-0.05, 0) is 44.5 Å². The van der Waals surface area contributed by atoms with Gasteiger partial charge in [0.15, 0.2) is 0 Å². The van der Waals surface area contributed by atoms with E-state index in [1.165, 1.54) is 0 Å². The third-order valence-electron chi connectivity index (χ3n) is 2.15. The highest BCUT2D eigenvalue weighted by atomic mass is 16.5. The summed E-state index contributed by atoms with van der Waals surface area (Å²) in [6.45, 7) is 7.24. The van der Waals surface area contributed by atoms with Gasteiger partial charge in [0.1, 0.15) is 5.75 Å². The van der Waals surface area contributed by atoms with Gasteiger partial charge in [-0.2, -0.15) is 0 Å². The summed E-state index contributed by atoms with van der Waals surface area (Å²) in [5.41, 5.74) is 1.14. The van der Waals surface area contributed by atoms with Crippen molar-refractivity contribution in [1.29, 1.82) is 0 Å². The van der Waals surface area contributed by atoms with Crippen LogP contribution in [0.2, 0.25) is 0 Å². The van der Waals surface area contributed by atoms with Crippen LogP contribution in [-0.4, -0.2) is 12.6 Å². The topological polar surface area (TPSA) is 21.3 Å². The molecule has 0 fully saturated rings. The van der Waals surface area contributed by atoms with E-state index >= 15 is 0 Å². The summed E-state index contributed by atoms with van der Waals surface area (Å²) in [6.07, 6.45) is 1.33. The van der Waals surface area contributed by atoms with Gasteiger partial charge in [-0.15, -0.1) is 0 Å². The number of nitrogens with one attached hydrogen (secondary N) is 1. The van der Waals surface area contributed by atoms with Gasteiger partial charge in [0.05, 0.1) is 6.10 Å². The lowest BCUT2D eigenvalue weighted by atomic mass is 10.3. The van der Waals surface area contributed by atoms with Crippen LogP contribution in [0, 0.1) is 0 Å². The molecule has 0 aliphatic rings. The predicted octanol–water partition coefficient (Wildman–Crippen LogP) is 3.30. The maximum atomic E-state index is 5.67. The average Bonchev–Trinajstić information content (AvgIpc) is 2.21. The van der Waals surface area contributed by atoms with Crippen molar-refractivity contribution in [3.8, 4) is 5.75 Å². The third-order valence-corrected chi connectivity index (χ3v) is 2.15. The fraction of sp³-hybridized carbons (Fsp3) is 0.500. The number of benzene rings is 1. The Bertz CT molecular complexity index is 256. The molecule has 0 spiro atoms. The molecule has 1 unspecified atom stereocenters. The normalized spacial score (nSPS) is 12.2. The highest BCUT2D eigenvalue weighted by Gasteiger charge is 2.00. The molecule has 2 heteroatoms. The lowest BCUT2D eigenvalue weighted by Crippen LogP contribution is -2.09. The summed E-state index contributed by atoms with van der Waals surface area (Å²) in [4.78, 5) is 0. The quantitative estimate of drug-likeness (QED) is 0.774. The summed E-state index contributed by atoms with van der Waals surface area (Å²) in [5, 5.41) is 3.25. The van der Waals surface area contributed by atoms with Crippen molar-refractivity contribution in [3.05, 3.63) is 24.3 Å². The van der Waals surface area contributed by atoms with Crippen LogP contribution in [0.3, 0.4) is 0 Å². The Hall–Kier alpha value is -1.18. The first-order valence-corrected chi connectivity index (χ1v) is 5.26. The zero-order valence-corrected chi connectivity index (χ0v) is 9.21. The van der Waals surface area contributed by atoms with Gasteiger partial charge < -0.3 is 10.1 Å². The van der Waals surface area contributed by atoms with Crippen LogP contribution in [0.1, 0.15) is 27.2 Å². The van der Waals surface area contributed by atoms with Crippen molar-refractivity contribution in [2.24, 2.45) is 0 Å². The largest absolute Gasteiger partial charge is 0.491 e. The Labute approximate surface area is 86.3 Å². The molecular weight excluding hydrogens is 174 g/mol. The minimum atomic E-state index is 0.292. The number of rotatable bonds is 5. The number of hydrogen-bond donors (Lipinski definition) is 1. The van der Waals surface area contributed by atoms with E-state index in [1.807, 2.05) is 24.3 Å². The molecule has 78 valence electrons. The van der Waals surface area contributed by atoms with E-state index in [2.05, 4.69) is 26.1 Å². The van der Waals surface area contributed by atoms with Crippen molar-refractivity contribution in [2.75, 3.05) is 11.9 Å². The lowest BCUT2D eigenvalue weighted by Gasteiger charge is -2.12.